The van der Waals surface area contributed by atoms with Crippen molar-refractivity contribution in [3.63, 3.8) is 0 Å². The number of carbonyl (C=O) groups is 2. The van der Waals surface area contributed by atoms with Crippen molar-refractivity contribution in [3.8, 4) is 0 Å². The predicted octanol–water partition coefficient (Wildman–Crippen LogP) is 3.89. The van der Waals surface area contributed by atoms with E-state index in [1.54, 1.807) is 26.0 Å². The average molecular weight is 388 g/mol. The minimum absolute atomic E-state index is 0.189. The Hall–Kier alpha value is -2.53. The van der Waals surface area contributed by atoms with Crippen molar-refractivity contribution >= 4 is 34.8 Å². The highest BCUT2D eigenvalue weighted by Crippen LogP contribution is 2.25. The fourth-order valence-corrected chi connectivity index (χ4v) is 2.54. The molecule has 0 aliphatic carbocycles. The summed E-state index contributed by atoms with van der Waals surface area (Å²) in [5.74, 6) is -0.181. The summed E-state index contributed by atoms with van der Waals surface area (Å²) in [5, 5.41) is 5.78. The summed E-state index contributed by atoms with van der Waals surface area (Å²) in [4.78, 5) is 27.0. The third kappa shape index (κ3) is 5.47. The minimum atomic E-state index is -0.697. The first kappa shape index (κ1) is 20.8. The van der Waals surface area contributed by atoms with E-state index in [1.165, 1.54) is 0 Å². The third-order valence-corrected chi connectivity index (χ3v) is 4.89. The quantitative estimate of drug-likeness (QED) is 0.708. The van der Waals surface area contributed by atoms with Crippen LogP contribution in [-0.2, 0) is 11.3 Å². The number of alkyl halides is 1. The Bertz CT molecular complexity index is 804. The fourth-order valence-electron chi connectivity index (χ4n) is 2.42. The molecule has 0 heterocycles. The summed E-state index contributed by atoms with van der Waals surface area (Å²) in [6.45, 7) is 3.98. The molecular weight excluding hydrogens is 362 g/mol. The van der Waals surface area contributed by atoms with Crippen molar-refractivity contribution < 1.29 is 9.59 Å². The molecule has 2 N–H and O–H groups in total. The van der Waals surface area contributed by atoms with E-state index in [0.29, 0.717) is 17.8 Å². The normalized spacial score (nSPS) is 11.0. The number of benzene rings is 2. The van der Waals surface area contributed by atoms with Gasteiger partial charge < -0.3 is 15.5 Å². The first-order valence-electron chi connectivity index (χ1n) is 8.75. The summed E-state index contributed by atoms with van der Waals surface area (Å²) in [6, 6.07) is 15.0. The van der Waals surface area contributed by atoms with Gasteiger partial charge in [-0.2, -0.15) is 0 Å². The Morgan fingerprint density at radius 2 is 1.74 bits per heavy atom. The van der Waals surface area contributed by atoms with E-state index in [9.17, 15) is 9.59 Å². The summed E-state index contributed by atoms with van der Waals surface area (Å²) in [6.07, 6.45) is 0. The number of nitrogens with one attached hydrogen (secondary N) is 2. The van der Waals surface area contributed by atoms with Crippen LogP contribution in [0, 0.1) is 5.41 Å². The van der Waals surface area contributed by atoms with Crippen molar-refractivity contribution in [2.45, 2.75) is 20.4 Å². The van der Waals surface area contributed by atoms with Gasteiger partial charge in [0.25, 0.3) is 5.91 Å². The van der Waals surface area contributed by atoms with Crippen LogP contribution >= 0.6 is 11.6 Å². The lowest BCUT2D eigenvalue weighted by Gasteiger charge is -2.22. The van der Waals surface area contributed by atoms with Crippen molar-refractivity contribution in [1.29, 1.82) is 0 Å². The largest absolute Gasteiger partial charge is 0.377 e. The van der Waals surface area contributed by atoms with Crippen LogP contribution in [0.3, 0.4) is 0 Å². The van der Waals surface area contributed by atoms with Gasteiger partial charge in [-0.25, -0.2) is 0 Å². The molecule has 0 atom stereocenters. The van der Waals surface area contributed by atoms with Gasteiger partial charge in [0.15, 0.2) is 0 Å². The van der Waals surface area contributed by atoms with E-state index in [-0.39, 0.29) is 17.7 Å². The Kier molecular flexibility index (Phi) is 6.86. The second kappa shape index (κ2) is 8.91. The van der Waals surface area contributed by atoms with Crippen LogP contribution in [0.25, 0.3) is 0 Å². The zero-order valence-electron chi connectivity index (χ0n) is 16.2. The number of nitrogens with zero attached hydrogens (tertiary/aromatic N) is 1. The van der Waals surface area contributed by atoms with Gasteiger partial charge in [0.2, 0.25) is 5.91 Å². The standard InChI is InChI=1S/C21H26ClN3O2/c1-21(2,14-22)20(27)24-16-10-11-18(25(3)4)17(12-16)19(26)23-13-15-8-6-5-7-9-15/h5-12H,13-14H2,1-4H3,(H,23,26)(H,24,27). The molecule has 0 radical (unpaired) electrons. The van der Waals surface area contributed by atoms with E-state index in [2.05, 4.69) is 10.6 Å². The fraction of sp³-hybridized carbons (Fsp3) is 0.333. The van der Waals surface area contributed by atoms with Crippen molar-refractivity contribution in [3.05, 3.63) is 59.7 Å². The third-order valence-electron chi connectivity index (χ3n) is 4.23. The van der Waals surface area contributed by atoms with Crippen molar-refractivity contribution in [2.75, 3.05) is 30.2 Å². The van der Waals surface area contributed by atoms with E-state index < -0.39 is 5.41 Å². The Balaban J connectivity index is 2.22. The highest BCUT2D eigenvalue weighted by molar-refractivity contribution is 6.20. The van der Waals surface area contributed by atoms with E-state index in [4.69, 9.17) is 11.6 Å². The van der Waals surface area contributed by atoms with Gasteiger partial charge in [0.05, 0.1) is 11.0 Å². The first-order chi connectivity index (χ1) is 12.7. The van der Waals surface area contributed by atoms with Gasteiger partial charge in [-0.15, -0.1) is 11.6 Å². The zero-order valence-corrected chi connectivity index (χ0v) is 16.9. The van der Waals surface area contributed by atoms with Crippen LogP contribution in [-0.4, -0.2) is 31.8 Å². The van der Waals surface area contributed by atoms with E-state index >= 15 is 0 Å². The maximum absolute atomic E-state index is 12.8. The van der Waals surface area contributed by atoms with Gasteiger partial charge in [-0.3, -0.25) is 9.59 Å². The van der Waals surface area contributed by atoms with Gasteiger partial charge in [0.1, 0.15) is 0 Å². The summed E-state index contributed by atoms with van der Waals surface area (Å²) < 4.78 is 0. The number of hydrogen-bond acceptors (Lipinski definition) is 3. The predicted molar refractivity (Wildman–Crippen MR) is 112 cm³/mol. The van der Waals surface area contributed by atoms with E-state index in [1.807, 2.05) is 55.4 Å². The average Bonchev–Trinajstić information content (AvgIpc) is 2.66. The molecule has 0 fully saturated rings. The highest BCUT2D eigenvalue weighted by Gasteiger charge is 2.27. The lowest BCUT2D eigenvalue weighted by molar-refractivity contribution is -0.122. The molecule has 0 aliphatic rings. The monoisotopic (exact) mass is 387 g/mol. The van der Waals surface area contributed by atoms with Gasteiger partial charge in [-0.1, -0.05) is 30.3 Å². The molecule has 0 unspecified atom stereocenters. The molecule has 5 nitrogen and oxygen atoms in total. The number of anilines is 2. The summed E-state index contributed by atoms with van der Waals surface area (Å²) in [5.41, 5.74) is 2.16. The molecule has 2 aromatic rings. The Labute approximate surface area is 165 Å². The smallest absolute Gasteiger partial charge is 0.253 e. The molecule has 144 valence electrons. The zero-order chi connectivity index (χ0) is 20.0. The molecule has 2 amide bonds. The number of halogens is 1. The van der Waals surface area contributed by atoms with Crippen molar-refractivity contribution in [2.24, 2.45) is 5.41 Å². The molecular formula is C21H26ClN3O2. The minimum Gasteiger partial charge on any atom is -0.377 e. The van der Waals surface area contributed by atoms with Crippen LogP contribution in [0.15, 0.2) is 48.5 Å². The van der Waals surface area contributed by atoms with E-state index in [0.717, 1.165) is 11.3 Å². The molecule has 0 aromatic heterocycles. The number of carbonyl (C=O) groups excluding carboxylic acids is 2. The molecule has 0 saturated carbocycles. The molecule has 6 heteroatoms. The lowest BCUT2D eigenvalue weighted by Crippen LogP contribution is -2.32. The molecule has 0 spiro atoms. The number of rotatable bonds is 7. The van der Waals surface area contributed by atoms with Gasteiger partial charge in [0, 0.05) is 37.9 Å². The van der Waals surface area contributed by atoms with Crippen molar-refractivity contribution in [1.82, 2.24) is 5.32 Å². The topological polar surface area (TPSA) is 61.4 Å². The van der Waals surface area contributed by atoms with Gasteiger partial charge in [-0.05, 0) is 37.6 Å². The molecule has 0 aliphatic heterocycles. The maximum atomic E-state index is 12.8. The second-order valence-corrected chi connectivity index (χ2v) is 7.53. The molecule has 0 bridgehead atoms. The Morgan fingerprint density at radius 3 is 2.33 bits per heavy atom. The first-order valence-corrected chi connectivity index (χ1v) is 9.29. The van der Waals surface area contributed by atoms with Crippen LogP contribution in [0.2, 0.25) is 0 Å². The molecule has 0 saturated heterocycles. The molecule has 27 heavy (non-hydrogen) atoms. The molecule has 2 aromatic carbocycles. The maximum Gasteiger partial charge on any atom is 0.253 e. The van der Waals surface area contributed by atoms with Crippen LogP contribution in [0.1, 0.15) is 29.8 Å². The highest BCUT2D eigenvalue weighted by atomic mass is 35.5. The van der Waals surface area contributed by atoms with Crippen LogP contribution < -0.4 is 15.5 Å². The second-order valence-electron chi connectivity index (χ2n) is 7.27. The molecule has 2 rings (SSSR count). The van der Waals surface area contributed by atoms with Crippen LogP contribution in [0.5, 0.6) is 0 Å². The lowest BCUT2D eigenvalue weighted by atomic mass is 9.95. The number of amides is 2. The van der Waals surface area contributed by atoms with Crippen LogP contribution in [0.4, 0.5) is 11.4 Å². The summed E-state index contributed by atoms with van der Waals surface area (Å²) >= 11 is 5.87. The summed E-state index contributed by atoms with van der Waals surface area (Å²) in [7, 11) is 3.75. The SMILES string of the molecule is CN(C)c1ccc(NC(=O)C(C)(C)CCl)cc1C(=O)NCc1ccccc1. The number of hydrogen-bond donors (Lipinski definition) is 2. The van der Waals surface area contributed by atoms with Gasteiger partial charge >= 0.3 is 0 Å². The Morgan fingerprint density at radius 1 is 1.07 bits per heavy atom.